The Bertz CT molecular complexity index is 1170. The lowest BCUT2D eigenvalue weighted by atomic mass is 10.0. The molecule has 0 aliphatic carbocycles. The fraction of sp³-hybridized carbons (Fsp3) is 0.556. The number of nitrogens with one attached hydrogen (secondary N) is 1. The summed E-state index contributed by atoms with van der Waals surface area (Å²) in [5.41, 5.74) is 3.73. The van der Waals surface area contributed by atoms with Gasteiger partial charge in [-0.25, -0.2) is 18.5 Å². The Morgan fingerprint density at radius 1 is 1.22 bits per heavy atom. The Morgan fingerprint density at radius 2 is 1.84 bits per heavy atom. The van der Waals surface area contributed by atoms with Gasteiger partial charge in [-0.2, -0.15) is 8.62 Å². The summed E-state index contributed by atoms with van der Waals surface area (Å²) in [6, 6.07) is 0.813. The van der Waals surface area contributed by atoms with Gasteiger partial charge in [0, 0.05) is 17.2 Å². The van der Waals surface area contributed by atoms with Crippen molar-refractivity contribution in [3.8, 4) is 0 Å². The van der Waals surface area contributed by atoms with Crippen molar-refractivity contribution in [2.45, 2.75) is 24.2 Å². The fourth-order valence-corrected chi connectivity index (χ4v) is 5.45. The predicted molar refractivity (Wildman–Crippen MR) is 95.2 cm³/mol. The Morgan fingerprint density at radius 3 is 2.38 bits per heavy atom. The average Bonchev–Trinajstić information content (AvgIpc) is 2.82. The van der Waals surface area contributed by atoms with Gasteiger partial charge >= 0.3 is 29.2 Å². The van der Waals surface area contributed by atoms with E-state index in [2.05, 4.69) is 23.2 Å². The van der Waals surface area contributed by atoms with Gasteiger partial charge in [0.2, 0.25) is 5.72 Å². The van der Waals surface area contributed by atoms with Crippen LogP contribution >= 0.6 is 23.5 Å². The number of phosphoric acid groups is 3. The number of ether oxygens (including phenoxy) is 1. The van der Waals surface area contributed by atoms with Crippen molar-refractivity contribution < 1.29 is 61.4 Å². The number of hydrogen-bond acceptors (Lipinski definition) is 12. The molecule has 6 atom stereocenters. The van der Waals surface area contributed by atoms with Crippen LogP contribution in [0.3, 0.4) is 0 Å². The number of phosphoric ester groups is 1. The molecule has 2 rings (SSSR count). The molecule has 1 aromatic heterocycles. The van der Waals surface area contributed by atoms with Crippen molar-refractivity contribution in [3.05, 3.63) is 43.5 Å². The molecule has 1 aromatic rings. The summed E-state index contributed by atoms with van der Waals surface area (Å²) >= 11 is 0. The van der Waals surface area contributed by atoms with Crippen LogP contribution in [0.5, 0.6) is 0 Å². The summed E-state index contributed by atoms with van der Waals surface area (Å²) in [5.74, 6) is 0. The SMILES string of the molecule is [N-]=[N+]=N[C@@]1(O)[C@H](O)[C@@H](COP(=O)(O)OP(=O)(O)OP(=O)(O)O)O[C@H]1n1ccc(=O)[nH]c1=O. The quantitative estimate of drug-likeness (QED) is 0.0804. The Kier molecular flexibility index (Phi) is 7.68. The normalized spacial score (nSPS) is 29.6. The summed E-state index contributed by atoms with van der Waals surface area (Å²) in [6.07, 6.45) is -5.29. The molecule has 2 heterocycles. The smallest absolute Gasteiger partial charge is 0.387 e. The van der Waals surface area contributed by atoms with E-state index < -0.39 is 65.5 Å². The molecule has 180 valence electrons. The van der Waals surface area contributed by atoms with Gasteiger partial charge in [-0.1, -0.05) is 5.11 Å². The summed E-state index contributed by atoms with van der Waals surface area (Å²) in [5, 5.41) is 23.7. The van der Waals surface area contributed by atoms with Gasteiger partial charge < -0.3 is 34.5 Å². The van der Waals surface area contributed by atoms with Crippen molar-refractivity contribution in [2.24, 2.45) is 5.11 Å². The zero-order valence-corrected chi connectivity index (χ0v) is 17.8. The van der Waals surface area contributed by atoms with E-state index in [0.717, 1.165) is 12.3 Å². The molecule has 0 amide bonds. The number of rotatable bonds is 9. The molecule has 1 aliphatic heterocycles. The molecule has 32 heavy (non-hydrogen) atoms. The molecule has 1 fully saturated rings. The first-order valence-electron chi connectivity index (χ1n) is 7.72. The second-order valence-electron chi connectivity index (χ2n) is 5.85. The third kappa shape index (κ3) is 6.41. The maximum absolute atomic E-state index is 11.9. The maximum atomic E-state index is 11.9. The molecule has 0 bridgehead atoms. The zero-order chi connectivity index (χ0) is 24.5. The van der Waals surface area contributed by atoms with Crippen LogP contribution in [0.2, 0.25) is 0 Å². The van der Waals surface area contributed by atoms with Crippen LogP contribution in [0.1, 0.15) is 6.23 Å². The van der Waals surface area contributed by atoms with Gasteiger partial charge in [-0.05, 0) is 5.53 Å². The molecule has 1 aliphatic rings. The minimum absolute atomic E-state index is 0.504. The summed E-state index contributed by atoms with van der Waals surface area (Å²) in [7, 11) is -17.1. The average molecular weight is 525 g/mol. The van der Waals surface area contributed by atoms with E-state index in [1.807, 2.05) is 0 Å². The molecule has 0 aromatic carbocycles. The molecule has 0 spiro atoms. The van der Waals surface area contributed by atoms with Crippen molar-refractivity contribution in [3.63, 3.8) is 0 Å². The van der Waals surface area contributed by atoms with Crippen molar-refractivity contribution >= 4 is 23.5 Å². The van der Waals surface area contributed by atoms with Crippen LogP contribution in [0.4, 0.5) is 0 Å². The van der Waals surface area contributed by atoms with E-state index in [4.69, 9.17) is 24.9 Å². The molecular formula is C9H14N5O15P3. The summed E-state index contributed by atoms with van der Waals surface area (Å²) in [6.45, 7) is -1.23. The largest absolute Gasteiger partial charge is 0.490 e. The van der Waals surface area contributed by atoms with E-state index in [1.54, 1.807) is 4.98 Å². The standard InChI is InChI=1S/C9H14N5O15P3/c10-13-12-9(18)6(16)4(27-7(9)14-2-1-5(15)11-8(14)17)3-26-31(22,23)29-32(24,25)28-30(19,20)21/h1-2,4,6-7,16,18H,3H2,(H,22,23)(H,24,25)(H,11,15,17)(H2,19,20,21)/t4-,6-,7-,9-/m1/s1. The Hall–Kier alpha value is -1.72. The lowest BCUT2D eigenvalue weighted by molar-refractivity contribution is -0.106. The molecule has 20 nitrogen and oxygen atoms in total. The van der Waals surface area contributed by atoms with Crippen molar-refractivity contribution in [1.29, 1.82) is 0 Å². The first kappa shape index (κ1) is 26.5. The topological polar surface area (TPSA) is 313 Å². The number of aliphatic hydroxyl groups is 2. The molecule has 0 radical (unpaired) electrons. The third-order valence-electron chi connectivity index (χ3n) is 3.58. The number of nitrogens with zero attached hydrogens (tertiary/aromatic N) is 4. The van der Waals surface area contributed by atoms with Gasteiger partial charge in [0.15, 0.2) is 6.23 Å². The maximum Gasteiger partial charge on any atom is 0.490 e. The van der Waals surface area contributed by atoms with Crippen molar-refractivity contribution in [1.82, 2.24) is 9.55 Å². The highest BCUT2D eigenvalue weighted by Crippen LogP contribution is 2.66. The number of azide groups is 1. The summed E-state index contributed by atoms with van der Waals surface area (Å²) < 4.78 is 50.6. The van der Waals surface area contributed by atoms with Crippen LogP contribution in [-0.4, -0.2) is 63.9 Å². The summed E-state index contributed by atoms with van der Waals surface area (Å²) in [4.78, 5) is 62.7. The number of aliphatic hydroxyl groups excluding tert-OH is 1. The Balaban J connectivity index is 2.24. The highest BCUT2D eigenvalue weighted by molar-refractivity contribution is 7.66. The lowest BCUT2D eigenvalue weighted by Gasteiger charge is -2.26. The van der Waals surface area contributed by atoms with E-state index in [9.17, 15) is 38.4 Å². The predicted octanol–water partition coefficient (Wildman–Crippen LogP) is -1.86. The second kappa shape index (κ2) is 9.26. The second-order valence-corrected chi connectivity index (χ2v) is 10.3. The number of aromatic amines is 1. The van der Waals surface area contributed by atoms with Crippen LogP contribution in [-0.2, 0) is 31.6 Å². The molecule has 2 unspecified atom stereocenters. The molecule has 0 saturated carbocycles. The Labute approximate surface area is 174 Å². The molecule has 23 heteroatoms. The molecule has 1 saturated heterocycles. The van der Waals surface area contributed by atoms with Crippen LogP contribution < -0.4 is 11.2 Å². The van der Waals surface area contributed by atoms with E-state index in [0.29, 0.717) is 4.57 Å². The van der Waals surface area contributed by atoms with E-state index in [-0.39, 0.29) is 0 Å². The first-order valence-corrected chi connectivity index (χ1v) is 12.2. The van der Waals surface area contributed by atoms with Crippen molar-refractivity contribution in [2.75, 3.05) is 6.61 Å². The van der Waals surface area contributed by atoms with Crippen LogP contribution in [0.15, 0.2) is 27.0 Å². The molecule has 7 N–H and O–H groups in total. The van der Waals surface area contributed by atoms with Crippen LogP contribution in [0.25, 0.3) is 10.4 Å². The first-order chi connectivity index (χ1) is 14.5. The minimum Gasteiger partial charge on any atom is -0.387 e. The lowest BCUT2D eigenvalue weighted by Crippen LogP contribution is -2.47. The van der Waals surface area contributed by atoms with Gasteiger partial charge in [-0.3, -0.25) is 18.9 Å². The zero-order valence-electron chi connectivity index (χ0n) is 15.1. The van der Waals surface area contributed by atoms with Gasteiger partial charge in [0.05, 0.1) is 6.61 Å². The highest BCUT2D eigenvalue weighted by atomic mass is 31.3. The number of hydrogen-bond donors (Lipinski definition) is 7. The molecular weight excluding hydrogens is 511 g/mol. The van der Waals surface area contributed by atoms with Gasteiger partial charge in [-0.15, -0.1) is 0 Å². The van der Waals surface area contributed by atoms with E-state index in [1.165, 1.54) is 0 Å². The van der Waals surface area contributed by atoms with Crippen LogP contribution in [0, 0.1) is 0 Å². The highest BCUT2D eigenvalue weighted by Gasteiger charge is 2.57. The van der Waals surface area contributed by atoms with Gasteiger partial charge in [0.25, 0.3) is 5.56 Å². The van der Waals surface area contributed by atoms with Gasteiger partial charge in [0.1, 0.15) is 12.2 Å². The minimum atomic E-state index is -5.82. The third-order valence-corrected chi connectivity index (χ3v) is 7.38. The fourth-order valence-electron chi connectivity index (χ4n) is 2.42. The van der Waals surface area contributed by atoms with E-state index >= 15 is 0 Å². The number of aromatic nitrogens is 2. The monoisotopic (exact) mass is 525 g/mol. The number of H-pyrrole nitrogens is 1.